The summed E-state index contributed by atoms with van der Waals surface area (Å²) in [5.74, 6) is 0.606. The van der Waals surface area contributed by atoms with Gasteiger partial charge in [-0.3, -0.25) is 9.69 Å². The van der Waals surface area contributed by atoms with E-state index < -0.39 is 0 Å². The zero-order chi connectivity index (χ0) is 24.6. The second-order valence-electron chi connectivity index (χ2n) is 8.59. The van der Waals surface area contributed by atoms with Crippen molar-refractivity contribution in [2.75, 3.05) is 39.3 Å². The predicted octanol–water partition coefficient (Wildman–Crippen LogP) is 3.22. The Balaban J connectivity index is 1.20. The zero-order valence-electron chi connectivity index (χ0n) is 20.4. The fourth-order valence-electron chi connectivity index (χ4n) is 3.87. The molecule has 1 aliphatic heterocycles. The minimum atomic E-state index is -0.0257. The first kappa shape index (κ1) is 26.6. The van der Waals surface area contributed by atoms with E-state index in [1.165, 1.54) is 43.5 Å². The molecule has 0 saturated carbocycles. The third-order valence-corrected chi connectivity index (χ3v) is 6.03. The van der Waals surface area contributed by atoms with Crippen molar-refractivity contribution in [3.05, 3.63) is 71.9 Å². The Hall–Kier alpha value is -2.97. The number of thiocarbonyl (C=S) groups is 1. The number of aromatic nitrogens is 1. The van der Waals surface area contributed by atoms with Gasteiger partial charge in [-0.05, 0) is 67.8 Å². The Kier molecular flexibility index (Phi) is 12.1. The maximum Gasteiger partial charge on any atom is 0.222 e. The molecule has 0 unspecified atom stereocenters. The van der Waals surface area contributed by atoms with Crippen LogP contribution in [0, 0.1) is 0 Å². The first-order chi connectivity index (χ1) is 17.2. The Morgan fingerprint density at radius 2 is 1.80 bits per heavy atom. The molecule has 2 heterocycles. The van der Waals surface area contributed by atoms with Crippen molar-refractivity contribution >= 4 is 23.2 Å². The van der Waals surface area contributed by atoms with E-state index >= 15 is 0 Å². The van der Waals surface area contributed by atoms with Gasteiger partial charge in [-0.2, -0.15) is 0 Å². The van der Waals surface area contributed by atoms with Crippen LogP contribution in [-0.2, 0) is 17.8 Å². The number of amides is 1. The van der Waals surface area contributed by atoms with Crippen molar-refractivity contribution in [2.45, 2.75) is 38.6 Å². The molecule has 0 radical (unpaired) electrons. The second kappa shape index (κ2) is 15.8. The Bertz CT molecular complexity index is 932. The van der Waals surface area contributed by atoms with Crippen molar-refractivity contribution in [1.82, 2.24) is 25.8 Å². The molecule has 0 atom stereocenters. The molecule has 3 rings (SSSR count). The standard InChI is InChI=1S/C27H37N5O2S/c33-25(13-17-31-27(35)30-16-11-23-9-3-1-4-10-23)28-14-5-8-20-34-26-21-24(12-15-29-26)22-32-18-6-2-7-19-32/h1,3-5,8-10,12,15,21H,2,6-7,11,13-14,16-20,22H2,(H,28,33)(H2,30,31,35)/b8-5-. The van der Waals surface area contributed by atoms with Gasteiger partial charge in [-0.25, -0.2) is 4.98 Å². The van der Waals surface area contributed by atoms with E-state index in [1.54, 1.807) is 6.20 Å². The molecule has 188 valence electrons. The first-order valence-electron chi connectivity index (χ1n) is 12.5. The molecule has 0 bridgehead atoms. The molecule has 1 aromatic carbocycles. The van der Waals surface area contributed by atoms with Crippen LogP contribution >= 0.6 is 12.2 Å². The summed E-state index contributed by atoms with van der Waals surface area (Å²) in [6, 6.07) is 14.3. The molecule has 1 aliphatic rings. The summed E-state index contributed by atoms with van der Waals surface area (Å²) in [6.45, 7) is 5.42. The number of piperidine rings is 1. The lowest BCUT2D eigenvalue weighted by Gasteiger charge is -2.26. The summed E-state index contributed by atoms with van der Waals surface area (Å²) >= 11 is 5.26. The first-order valence-corrected chi connectivity index (χ1v) is 12.9. The van der Waals surface area contributed by atoms with Crippen LogP contribution in [0.1, 0.15) is 36.8 Å². The lowest BCUT2D eigenvalue weighted by molar-refractivity contribution is -0.120. The maximum absolute atomic E-state index is 12.0. The average molecular weight is 496 g/mol. The molecule has 1 fully saturated rings. The van der Waals surface area contributed by atoms with Gasteiger partial charge in [0.25, 0.3) is 0 Å². The van der Waals surface area contributed by atoms with Crippen LogP contribution < -0.4 is 20.7 Å². The van der Waals surface area contributed by atoms with Gasteiger partial charge in [0.2, 0.25) is 11.8 Å². The van der Waals surface area contributed by atoms with Crippen LogP contribution in [0.25, 0.3) is 0 Å². The van der Waals surface area contributed by atoms with Crippen LogP contribution in [0.15, 0.2) is 60.8 Å². The molecule has 0 spiro atoms. The van der Waals surface area contributed by atoms with Gasteiger partial charge in [-0.1, -0.05) is 42.8 Å². The van der Waals surface area contributed by atoms with Crippen molar-refractivity contribution in [3.8, 4) is 5.88 Å². The van der Waals surface area contributed by atoms with Crippen LogP contribution in [0.3, 0.4) is 0 Å². The van der Waals surface area contributed by atoms with Crippen LogP contribution in [0.5, 0.6) is 5.88 Å². The molecule has 8 heteroatoms. The van der Waals surface area contributed by atoms with Crippen molar-refractivity contribution < 1.29 is 9.53 Å². The molecular weight excluding hydrogens is 458 g/mol. The number of ether oxygens (including phenoxy) is 1. The normalized spacial score (nSPS) is 13.9. The van der Waals surface area contributed by atoms with Gasteiger partial charge in [0.05, 0.1) is 0 Å². The van der Waals surface area contributed by atoms with E-state index in [4.69, 9.17) is 17.0 Å². The van der Waals surface area contributed by atoms with Crippen LogP contribution in [-0.4, -0.2) is 60.2 Å². The molecule has 1 aromatic heterocycles. The Labute approximate surface area is 214 Å². The third kappa shape index (κ3) is 11.3. The molecule has 7 nitrogen and oxygen atoms in total. The topological polar surface area (TPSA) is 78.5 Å². The summed E-state index contributed by atoms with van der Waals surface area (Å²) in [5.41, 5.74) is 2.49. The zero-order valence-corrected chi connectivity index (χ0v) is 21.2. The van der Waals surface area contributed by atoms with E-state index in [1.807, 2.05) is 36.4 Å². The third-order valence-electron chi connectivity index (χ3n) is 5.74. The van der Waals surface area contributed by atoms with E-state index in [0.29, 0.717) is 37.1 Å². The largest absolute Gasteiger partial charge is 0.473 e. The number of pyridine rings is 1. The Morgan fingerprint density at radius 3 is 2.63 bits per heavy atom. The number of hydrogen-bond donors (Lipinski definition) is 3. The molecule has 2 aromatic rings. The highest BCUT2D eigenvalue weighted by Gasteiger charge is 2.10. The smallest absolute Gasteiger partial charge is 0.222 e. The monoisotopic (exact) mass is 495 g/mol. The van der Waals surface area contributed by atoms with E-state index in [2.05, 4.69) is 44.0 Å². The highest BCUT2D eigenvalue weighted by molar-refractivity contribution is 7.80. The molecular formula is C27H37N5O2S. The van der Waals surface area contributed by atoms with Gasteiger partial charge in [0.15, 0.2) is 5.11 Å². The lowest BCUT2D eigenvalue weighted by atomic mass is 10.1. The average Bonchev–Trinajstić information content (AvgIpc) is 2.88. The van der Waals surface area contributed by atoms with Crippen molar-refractivity contribution in [2.24, 2.45) is 0 Å². The molecule has 1 amide bonds. The van der Waals surface area contributed by atoms with Gasteiger partial charge < -0.3 is 20.7 Å². The van der Waals surface area contributed by atoms with Gasteiger partial charge >= 0.3 is 0 Å². The predicted molar refractivity (Wildman–Crippen MR) is 144 cm³/mol. The number of hydrogen-bond acceptors (Lipinski definition) is 5. The number of benzene rings is 1. The number of likely N-dealkylation sites (tertiary alicyclic amines) is 1. The minimum absolute atomic E-state index is 0.0257. The molecule has 0 aliphatic carbocycles. The number of nitrogens with one attached hydrogen (secondary N) is 3. The fourth-order valence-corrected chi connectivity index (χ4v) is 4.07. The van der Waals surface area contributed by atoms with E-state index in [0.717, 1.165) is 19.5 Å². The second-order valence-corrected chi connectivity index (χ2v) is 9.00. The number of carbonyl (C=O) groups is 1. The number of carbonyl (C=O) groups excluding carboxylic acids is 1. The van der Waals surface area contributed by atoms with Crippen molar-refractivity contribution in [1.29, 1.82) is 0 Å². The van der Waals surface area contributed by atoms with Gasteiger partial charge in [-0.15, -0.1) is 0 Å². The summed E-state index contributed by atoms with van der Waals surface area (Å²) in [4.78, 5) is 18.8. The van der Waals surface area contributed by atoms with Gasteiger partial charge in [0, 0.05) is 44.9 Å². The highest BCUT2D eigenvalue weighted by atomic mass is 32.1. The van der Waals surface area contributed by atoms with Crippen LogP contribution in [0.2, 0.25) is 0 Å². The maximum atomic E-state index is 12.0. The molecule has 1 saturated heterocycles. The van der Waals surface area contributed by atoms with E-state index in [-0.39, 0.29) is 5.91 Å². The van der Waals surface area contributed by atoms with Crippen LogP contribution in [0.4, 0.5) is 0 Å². The summed E-state index contributed by atoms with van der Waals surface area (Å²) in [7, 11) is 0. The number of rotatable bonds is 13. The summed E-state index contributed by atoms with van der Waals surface area (Å²) in [6.07, 6.45) is 10.8. The molecule has 35 heavy (non-hydrogen) atoms. The molecule has 3 N–H and O–H groups in total. The minimum Gasteiger partial charge on any atom is -0.473 e. The SMILES string of the molecule is O=C(CCNC(=S)NCCc1ccccc1)NC/C=C\COc1cc(CN2CCCCC2)ccn1. The lowest BCUT2D eigenvalue weighted by Crippen LogP contribution is -2.38. The Morgan fingerprint density at radius 1 is 1.00 bits per heavy atom. The quantitative estimate of drug-likeness (QED) is 0.291. The highest BCUT2D eigenvalue weighted by Crippen LogP contribution is 2.15. The summed E-state index contributed by atoms with van der Waals surface area (Å²) in [5, 5.41) is 9.67. The fraction of sp³-hybridized carbons (Fsp3) is 0.444. The van der Waals surface area contributed by atoms with E-state index in [9.17, 15) is 4.79 Å². The van der Waals surface area contributed by atoms with Gasteiger partial charge in [0.1, 0.15) is 6.61 Å². The number of nitrogens with zero attached hydrogens (tertiary/aromatic N) is 2. The van der Waals surface area contributed by atoms with Crippen molar-refractivity contribution in [3.63, 3.8) is 0 Å². The summed E-state index contributed by atoms with van der Waals surface area (Å²) < 4.78 is 5.73.